The maximum absolute atomic E-state index is 14.5. The van der Waals surface area contributed by atoms with Gasteiger partial charge in [0.15, 0.2) is 0 Å². The topological polar surface area (TPSA) is 86.8 Å². The van der Waals surface area contributed by atoms with Crippen LogP contribution in [0.3, 0.4) is 0 Å². The van der Waals surface area contributed by atoms with Gasteiger partial charge in [-0.05, 0) is 61.2 Å². The minimum absolute atomic E-state index is 0.0155. The third kappa shape index (κ3) is 8.07. The molecule has 0 heterocycles. The Bertz CT molecular complexity index is 1680. The van der Waals surface area contributed by atoms with Gasteiger partial charge < -0.3 is 10.2 Å². The van der Waals surface area contributed by atoms with Crippen molar-refractivity contribution in [1.82, 2.24) is 10.2 Å². The summed E-state index contributed by atoms with van der Waals surface area (Å²) in [6.45, 7) is 5.63. The van der Waals surface area contributed by atoms with Crippen molar-refractivity contribution in [3.63, 3.8) is 0 Å². The van der Waals surface area contributed by atoms with Crippen LogP contribution < -0.4 is 9.62 Å². The first-order valence-electron chi connectivity index (χ1n) is 14.6. The third-order valence-electron chi connectivity index (χ3n) is 7.35. The largest absolute Gasteiger partial charge is 0.354 e. The number of aryl methyl sites for hydroxylation is 2. The standard InChI is InChI=1S/C35H38ClN3O4S/c1-4-21-37-35(41)33(23-28-13-7-5-8-14-28)38(24-29-15-11-12-18-31(29)36)34(40)25-39(32-20-19-26(2)22-27(32)3)44(42,43)30-16-9-6-10-17-30/h5-20,22,33H,4,21,23-25H2,1-3H3,(H,37,41)/t33-/m1/s1. The Kier molecular flexibility index (Phi) is 11.2. The van der Waals surface area contributed by atoms with Gasteiger partial charge >= 0.3 is 0 Å². The van der Waals surface area contributed by atoms with Crippen LogP contribution in [0, 0.1) is 13.8 Å². The molecule has 4 rings (SSSR count). The van der Waals surface area contributed by atoms with Gasteiger partial charge in [0.1, 0.15) is 12.6 Å². The highest BCUT2D eigenvalue weighted by Crippen LogP contribution is 2.29. The fraction of sp³-hybridized carbons (Fsp3) is 0.257. The molecule has 0 saturated carbocycles. The van der Waals surface area contributed by atoms with Crippen LogP contribution in [0.25, 0.3) is 0 Å². The van der Waals surface area contributed by atoms with Gasteiger partial charge in [0.05, 0.1) is 10.6 Å². The number of halogens is 1. The van der Waals surface area contributed by atoms with Crippen LogP contribution in [0.5, 0.6) is 0 Å². The minimum Gasteiger partial charge on any atom is -0.354 e. The number of nitrogens with zero attached hydrogens (tertiary/aromatic N) is 2. The molecule has 7 nitrogen and oxygen atoms in total. The van der Waals surface area contributed by atoms with E-state index in [0.29, 0.717) is 28.4 Å². The second-order valence-electron chi connectivity index (χ2n) is 10.7. The summed E-state index contributed by atoms with van der Waals surface area (Å²) in [6.07, 6.45) is 0.958. The number of nitrogens with one attached hydrogen (secondary N) is 1. The molecule has 1 N–H and O–H groups in total. The van der Waals surface area contributed by atoms with E-state index in [1.807, 2.05) is 69.3 Å². The monoisotopic (exact) mass is 631 g/mol. The lowest BCUT2D eigenvalue weighted by molar-refractivity contribution is -0.140. The Balaban J connectivity index is 1.82. The lowest BCUT2D eigenvalue weighted by atomic mass is 10.0. The maximum atomic E-state index is 14.5. The molecule has 2 amide bonds. The van der Waals surface area contributed by atoms with Crippen molar-refractivity contribution in [1.29, 1.82) is 0 Å². The molecule has 0 unspecified atom stereocenters. The van der Waals surface area contributed by atoms with E-state index in [2.05, 4.69) is 5.32 Å². The van der Waals surface area contributed by atoms with Gasteiger partial charge in [0.2, 0.25) is 11.8 Å². The molecule has 0 radical (unpaired) electrons. The molecule has 0 fully saturated rings. The van der Waals surface area contributed by atoms with E-state index >= 15 is 0 Å². The number of carbonyl (C=O) groups excluding carboxylic acids is 2. The highest BCUT2D eigenvalue weighted by atomic mass is 35.5. The molecule has 0 aromatic heterocycles. The fourth-order valence-electron chi connectivity index (χ4n) is 5.05. The van der Waals surface area contributed by atoms with Crippen LogP contribution in [-0.4, -0.2) is 44.3 Å². The number of anilines is 1. The second kappa shape index (κ2) is 15.0. The summed E-state index contributed by atoms with van der Waals surface area (Å²) in [6, 6.07) is 29.1. The zero-order valence-electron chi connectivity index (χ0n) is 25.2. The number of sulfonamides is 1. The number of rotatable bonds is 13. The predicted molar refractivity (Wildman–Crippen MR) is 176 cm³/mol. The molecule has 0 aliphatic rings. The third-order valence-corrected chi connectivity index (χ3v) is 9.49. The number of hydrogen-bond donors (Lipinski definition) is 1. The Morgan fingerprint density at radius 2 is 1.50 bits per heavy atom. The van der Waals surface area contributed by atoms with Gasteiger partial charge in [-0.2, -0.15) is 0 Å². The molecule has 0 bridgehead atoms. The summed E-state index contributed by atoms with van der Waals surface area (Å²) in [5, 5.41) is 3.39. The normalized spacial score (nSPS) is 11.9. The Morgan fingerprint density at radius 1 is 0.864 bits per heavy atom. The van der Waals surface area contributed by atoms with Gasteiger partial charge in [-0.15, -0.1) is 0 Å². The van der Waals surface area contributed by atoms with E-state index in [4.69, 9.17) is 11.6 Å². The maximum Gasteiger partial charge on any atom is 0.264 e. The van der Waals surface area contributed by atoms with Gasteiger partial charge in [-0.25, -0.2) is 8.42 Å². The summed E-state index contributed by atoms with van der Waals surface area (Å²) in [7, 11) is -4.16. The highest BCUT2D eigenvalue weighted by Gasteiger charge is 2.35. The van der Waals surface area contributed by atoms with Crippen LogP contribution in [0.15, 0.2) is 108 Å². The van der Waals surface area contributed by atoms with Crippen molar-refractivity contribution in [3.8, 4) is 0 Å². The van der Waals surface area contributed by atoms with Crippen molar-refractivity contribution >= 4 is 39.1 Å². The number of hydrogen-bond acceptors (Lipinski definition) is 4. The second-order valence-corrected chi connectivity index (χ2v) is 13.0. The van der Waals surface area contributed by atoms with Crippen LogP contribution in [0.2, 0.25) is 5.02 Å². The first-order valence-corrected chi connectivity index (χ1v) is 16.4. The molecule has 44 heavy (non-hydrogen) atoms. The van der Waals surface area contributed by atoms with Crippen LogP contribution in [0.1, 0.15) is 35.6 Å². The lowest BCUT2D eigenvalue weighted by Crippen LogP contribution is -2.53. The van der Waals surface area contributed by atoms with Gasteiger partial charge in [0, 0.05) is 24.5 Å². The average molecular weight is 632 g/mol. The number of carbonyl (C=O) groups is 2. The quantitative estimate of drug-likeness (QED) is 0.187. The van der Waals surface area contributed by atoms with Crippen molar-refractivity contribution in [2.75, 3.05) is 17.4 Å². The van der Waals surface area contributed by atoms with Gasteiger partial charge in [0.25, 0.3) is 10.0 Å². The van der Waals surface area contributed by atoms with Crippen molar-refractivity contribution in [3.05, 3.63) is 130 Å². The van der Waals surface area contributed by atoms with Crippen LogP contribution >= 0.6 is 11.6 Å². The van der Waals surface area contributed by atoms with Gasteiger partial charge in [-0.3, -0.25) is 13.9 Å². The fourth-order valence-corrected chi connectivity index (χ4v) is 6.74. The Labute approximate surface area is 265 Å². The summed E-state index contributed by atoms with van der Waals surface area (Å²) in [4.78, 5) is 29.7. The van der Waals surface area contributed by atoms with Crippen molar-refractivity contribution in [2.45, 2.75) is 51.1 Å². The van der Waals surface area contributed by atoms with E-state index in [-0.39, 0.29) is 23.8 Å². The van der Waals surface area contributed by atoms with Crippen LogP contribution in [-0.2, 0) is 32.6 Å². The van der Waals surface area contributed by atoms with Gasteiger partial charge in [-0.1, -0.05) is 103 Å². The predicted octanol–water partition coefficient (Wildman–Crippen LogP) is 6.32. The Hall–Kier alpha value is -4.14. The van der Waals surface area contributed by atoms with Crippen molar-refractivity contribution < 1.29 is 18.0 Å². The van der Waals surface area contributed by atoms with Crippen LogP contribution in [0.4, 0.5) is 5.69 Å². The molecule has 4 aromatic rings. The zero-order valence-corrected chi connectivity index (χ0v) is 26.8. The lowest BCUT2D eigenvalue weighted by Gasteiger charge is -2.34. The molecule has 0 saturated heterocycles. The summed E-state index contributed by atoms with van der Waals surface area (Å²) < 4.78 is 29.4. The molecular formula is C35H38ClN3O4S. The average Bonchev–Trinajstić information content (AvgIpc) is 3.02. The van der Waals surface area contributed by atoms with Crippen molar-refractivity contribution in [2.24, 2.45) is 0 Å². The molecule has 1 atom stereocenters. The van der Waals surface area contributed by atoms with E-state index < -0.39 is 28.5 Å². The van der Waals surface area contributed by atoms with E-state index in [0.717, 1.165) is 21.9 Å². The SMILES string of the molecule is CCCNC(=O)[C@@H](Cc1ccccc1)N(Cc1ccccc1Cl)C(=O)CN(c1ccc(C)cc1C)S(=O)(=O)c1ccccc1. The Morgan fingerprint density at radius 3 is 2.14 bits per heavy atom. The number of amides is 2. The smallest absolute Gasteiger partial charge is 0.264 e. The molecular weight excluding hydrogens is 594 g/mol. The summed E-state index contributed by atoms with van der Waals surface area (Å²) in [5.41, 5.74) is 3.57. The molecule has 0 aliphatic carbocycles. The highest BCUT2D eigenvalue weighted by molar-refractivity contribution is 7.92. The molecule has 0 spiro atoms. The molecule has 9 heteroatoms. The molecule has 230 valence electrons. The summed E-state index contributed by atoms with van der Waals surface area (Å²) in [5.74, 6) is -0.850. The molecule has 0 aliphatic heterocycles. The van der Waals surface area contributed by atoms with E-state index in [1.165, 1.54) is 17.0 Å². The first kappa shape index (κ1) is 32.8. The summed E-state index contributed by atoms with van der Waals surface area (Å²) >= 11 is 6.55. The van der Waals surface area contributed by atoms with E-state index in [9.17, 15) is 18.0 Å². The minimum atomic E-state index is -4.16. The number of benzene rings is 4. The molecule has 4 aromatic carbocycles. The zero-order chi connectivity index (χ0) is 31.7. The van der Waals surface area contributed by atoms with E-state index in [1.54, 1.807) is 42.5 Å². The first-order chi connectivity index (χ1) is 21.1.